The summed E-state index contributed by atoms with van der Waals surface area (Å²) in [4.78, 5) is 39.2. The van der Waals surface area contributed by atoms with Crippen LogP contribution in [-0.2, 0) is 20.9 Å². The van der Waals surface area contributed by atoms with Gasteiger partial charge in [-0.15, -0.1) is 0 Å². The molecule has 0 aromatic heterocycles. The zero-order valence-electron chi connectivity index (χ0n) is 18.0. The van der Waals surface area contributed by atoms with Gasteiger partial charge in [0.15, 0.2) is 11.5 Å². The number of nitrogens with zero attached hydrogens (tertiary/aromatic N) is 1. The first-order valence-corrected chi connectivity index (χ1v) is 10.5. The van der Waals surface area contributed by atoms with Crippen LogP contribution in [0.2, 0.25) is 5.02 Å². The molecular weight excluding hydrogens is 450 g/mol. The molecule has 0 saturated carbocycles. The Morgan fingerprint density at radius 1 is 1.18 bits per heavy atom. The highest BCUT2D eigenvalue weighted by Crippen LogP contribution is 2.37. The van der Waals surface area contributed by atoms with Crippen molar-refractivity contribution in [3.63, 3.8) is 0 Å². The second-order valence-electron chi connectivity index (χ2n) is 7.36. The van der Waals surface area contributed by atoms with E-state index >= 15 is 0 Å². The van der Waals surface area contributed by atoms with Gasteiger partial charge in [0.05, 0.1) is 31.5 Å². The standard InChI is InChI=1S/C23H22ClN3O6/c1-31-17-9-5-6-13(21(17)32-2)10-25-18(28)11-27-16-12-33-22(29)19(16)20(26-23(27)30)14-7-3-4-8-15(14)24/h3-9,20H,10-12H2,1-2H3,(H,25,28)(H,26,30). The summed E-state index contributed by atoms with van der Waals surface area (Å²) in [6.07, 6.45) is 0. The molecule has 0 saturated heterocycles. The molecule has 9 nitrogen and oxygen atoms in total. The summed E-state index contributed by atoms with van der Waals surface area (Å²) in [5.41, 5.74) is 1.91. The Balaban J connectivity index is 1.52. The number of carbonyl (C=O) groups is 3. The number of benzene rings is 2. The summed E-state index contributed by atoms with van der Waals surface area (Å²) in [5, 5.41) is 5.95. The van der Waals surface area contributed by atoms with Crippen molar-refractivity contribution in [3.8, 4) is 11.5 Å². The molecule has 10 heteroatoms. The molecule has 2 aliphatic heterocycles. The number of halogens is 1. The van der Waals surface area contributed by atoms with Crippen LogP contribution in [0.5, 0.6) is 11.5 Å². The second kappa shape index (κ2) is 9.41. The molecule has 2 aromatic carbocycles. The molecule has 0 spiro atoms. The lowest BCUT2D eigenvalue weighted by Crippen LogP contribution is -2.50. The van der Waals surface area contributed by atoms with Gasteiger partial charge >= 0.3 is 12.0 Å². The monoisotopic (exact) mass is 471 g/mol. The van der Waals surface area contributed by atoms with Crippen LogP contribution in [0.1, 0.15) is 17.2 Å². The fourth-order valence-corrected chi connectivity index (χ4v) is 4.15. The highest BCUT2D eigenvalue weighted by atomic mass is 35.5. The molecule has 0 bridgehead atoms. The van der Waals surface area contributed by atoms with E-state index in [1.54, 1.807) is 42.5 Å². The van der Waals surface area contributed by atoms with E-state index in [9.17, 15) is 14.4 Å². The van der Waals surface area contributed by atoms with E-state index in [1.165, 1.54) is 19.1 Å². The van der Waals surface area contributed by atoms with Gasteiger partial charge in [-0.1, -0.05) is 41.9 Å². The molecule has 172 valence electrons. The third-order valence-corrected chi connectivity index (χ3v) is 5.82. The SMILES string of the molecule is COc1cccc(CNC(=O)CN2C(=O)NC(c3ccccc3Cl)C3=C2COC3=O)c1OC. The third-order valence-electron chi connectivity index (χ3n) is 5.48. The summed E-state index contributed by atoms with van der Waals surface area (Å²) >= 11 is 6.29. The summed E-state index contributed by atoms with van der Waals surface area (Å²) < 4.78 is 15.8. The van der Waals surface area contributed by atoms with Crippen LogP contribution in [0.4, 0.5) is 4.79 Å². The van der Waals surface area contributed by atoms with Crippen molar-refractivity contribution in [2.45, 2.75) is 12.6 Å². The lowest BCUT2D eigenvalue weighted by atomic mass is 9.95. The number of nitrogens with one attached hydrogen (secondary N) is 2. The molecule has 2 aliphatic rings. The Hall–Kier alpha value is -3.72. The Labute approximate surface area is 195 Å². The Morgan fingerprint density at radius 2 is 1.97 bits per heavy atom. The molecule has 2 heterocycles. The van der Waals surface area contributed by atoms with Gasteiger partial charge in [0, 0.05) is 17.1 Å². The molecule has 3 amide bonds. The fraction of sp³-hybridized carbons (Fsp3) is 0.261. The van der Waals surface area contributed by atoms with E-state index < -0.39 is 23.9 Å². The Kier molecular flexibility index (Phi) is 6.41. The molecular formula is C23H22ClN3O6. The minimum atomic E-state index is -0.753. The maximum atomic E-state index is 12.9. The highest BCUT2D eigenvalue weighted by molar-refractivity contribution is 6.31. The topological polar surface area (TPSA) is 106 Å². The van der Waals surface area contributed by atoms with Crippen molar-refractivity contribution < 1.29 is 28.6 Å². The lowest BCUT2D eigenvalue weighted by molar-refractivity contribution is -0.136. The molecule has 4 rings (SSSR count). The lowest BCUT2D eigenvalue weighted by Gasteiger charge is -2.32. The van der Waals surface area contributed by atoms with Crippen LogP contribution < -0.4 is 20.1 Å². The summed E-state index contributed by atoms with van der Waals surface area (Å²) in [6, 6.07) is 11.0. The zero-order chi connectivity index (χ0) is 23.5. The van der Waals surface area contributed by atoms with E-state index in [0.29, 0.717) is 33.3 Å². The smallest absolute Gasteiger partial charge is 0.338 e. The number of esters is 1. The molecule has 2 N–H and O–H groups in total. The van der Waals surface area contributed by atoms with Crippen LogP contribution in [-0.4, -0.2) is 50.2 Å². The number of rotatable bonds is 7. The first-order chi connectivity index (χ1) is 15.9. The molecule has 1 atom stereocenters. The van der Waals surface area contributed by atoms with Crippen LogP contribution in [0.3, 0.4) is 0 Å². The maximum Gasteiger partial charge on any atom is 0.338 e. The minimum Gasteiger partial charge on any atom is -0.493 e. The van der Waals surface area contributed by atoms with Crippen molar-refractivity contribution in [1.82, 2.24) is 15.5 Å². The first-order valence-electron chi connectivity index (χ1n) is 10.1. The van der Waals surface area contributed by atoms with Gasteiger partial charge in [0.1, 0.15) is 13.2 Å². The van der Waals surface area contributed by atoms with E-state index in [-0.39, 0.29) is 25.3 Å². The quantitative estimate of drug-likeness (QED) is 0.601. The van der Waals surface area contributed by atoms with Gasteiger partial charge in [0.25, 0.3) is 0 Å². The third kappa shape index (κ3) is 4.31. The van der Waals surface area contributed by atoms with Gasteiger partial charge < -0.3 is 24.8 Å². The van der Waals surface area contributed by atoms with Crippen LogP contribution in [0.15, 0.2) is 53.7 Å². The number of ether oxygens (including phenoxy) is 3. The van der Waals surface area contributed by atoms with Crippen molar-refractivity contribution in [1.29, 1.82) is 0 Å². The zero-order valence-corrected chi connectivity index (χ0v) is 18.8. The molecule has 0 aliphatic carbocycles. The number of hydrogen-bond acceptors (Lipinski definition) is 6. The number of amides is 3. The molecule has 2 aromatic rings. The van der Waals surface area contributed by atoms with Gasteiger partial charge in [0.2, 0.25) is 5.91 Å². The van der Waals surface area contributed by atoms with Crippen molar-refractivity contribution in [2.24, 2.45) is 0 Å². The first kappa shape index (κ1) is 22.5. The summed E-state index contributed by atoms with van der Waals surface area (Å²) in [5.74, 6) is 0.0823. The Morgan fingerprint density at radius 3 is 2.70 bits per heavy atom. The van der Waals surface area contributed by atoms with E-state index in [0.717, 1.165) is 0 Å². The molecule has 33 heavy (non-hydrogen) atoms. The maximum absolute atomic E-state index is 12.9. The average molecular weight is 472 g/mol. The number of methoxy groups -OCH3 is 2. The number of cyclic esters (lactones) is 1. The predicted molar refractivity (Wildman–Crippen MR) is 119 cm³/mol. The van der Waals surface area contributed by atoms with Crippen LogP contribution in [0, 0.1) is 0 Å². The van der Waals surface area contributed by atoms with Gasteiger partial charge in [-0.3, -0.25) is 9.69 Å². The molecule has 0 radical (unpaired) electrons. The van der Waals surface area contributed by atoms with Gasteiger partial charge in [-0.2, -0.15) is 0 Å². The number of urea groups is 1. The van der Waals surface area contributed by atoms with E-state index in [1.807, 2.05) is 0 Å². The second-order valence-corrected chi connectivity index (χ2v) is 7.76. The minimum absolute atomic E-state index is 0.0977. The van der Waals surface area contributed by atoms with Crippen LogP contribution in [0.25, 0.3) is 0 Å². The van der Waals surface area contributed by atoms with E-state index in [2.05, 4.69) is 10.6 Å². The average Bonchev–Trinajstić information content (AvgIpc) is 3.20. The van der Waals surface area contributed by atoms with Gasteiger partial charge in [-0.25, -0.2) is 9.59 Å². The fourth-order valence-electron chi connectivity index (χ4n) is 3.91. The predicted octanol–water partition coefficient (Wildman–Crippen LogP) is 2.55. The van der Waals surface area contributed by atoms with Crippen molar-refractivity contribution in [3.05, 3.63) is 69.9 Å². The summed E-state index contributed by atoms with van der Waals surface area (Å²) in [7, 11) is 3.04. The highest BCUT2D eigenvalue weighted by Gasteiger charge is 2.43. The largest absolute Gasteiger partial charge is 0.493 e. The number of hydrogen-bond donors (Lipinski definition) is 2. The Bertz CT molecular complexity index is 1150. The normalized spacial score (nSPS) is 17.3. The number of carbonyl (C=O) groups excluding carboxylic acids is 3. The number of para-hydroxylation sites is 1. The van der Waals surface area contributed by atoms with Crippen molar-refractivity contribution >= 4 is 29.5 Å². The van der Waals surface area contributed by atoms with E-state index in [4.69, 9.17) is 25.8 Å². The summed E-state index contributed by atoms with van der Waals surface area (Å²) in [6.45, 7) is -0.222. The molecule has 1 unspecified atom stereocenters. The van der Waals surface area contributed by atoms with Crippen molar-refractivity contribution in [2.75, 3.05) is 27.4 Å². The van der Waals surface area contributed by atoms with Gasteiger partial charge in [-0.05, 0) is 17.7 Å². The van der Waals surface area contributed by atoms with Crippen LogP contribution >= 0.6 is 11.6 Å². The molecule has 0 fully saturated rings.